The molecule has 1 rings (SSSR count). The van der Waals surface area contributed by atoms with Gasteiger partial charge in [-0.15, -0.1) is 0 Å². The molecule has 0 aliphatic heterocycles. The third-order valence-electron chi connectivity index (χ3n) is 1.62. The van der Waals surface area contributed by atoms with Crippen LogP contribution in [-0.2, 0) is 4.79 Å². The predicted octanol–water partition coefficient (Wildman–Crippen LogP) is 2.05. The third kappa shape index (κ3) is 3.11. The molecule has 0 heterocycles. The first-order valence-corrected chi connectivity index (χ1v) is 4.11. The summed E-state index contributed by atoms with van der Waals surface area (Å²) in [5.41, 5.74) is 1.41. The highest BCUT2D eigenvalue weighted by Gasteiger charge is 1.92. The molecule has 14 heavy (non-hydrogen) atoms. The van der Waals surface area contributed by atoms with Crippen molar-refractivity contribution in [2.75, 3.05) is 0 Å². The Bertz CT molecular complexity index is 402. The molecule has 0 saturated carbocycles. The Labute approximate surface area is 81.9 Å². The van der Waals surface area contributed by atoms with Gasteiger partial charge in [0.1, 0.15) is 0 Å². The quantitative estimate of drug-likeness (QED) is 0.787. The van der Waals surface area contributed by atoms with Gasteiger partial charge in [-0.3, -0.25) is 4.79 Å². The number of carboxylic acid groups (broad SMARTS) is 1. The maximum atomic E-state index is 10.2. The van der Waals surface area contributed by atoms with E-state index >= 15 is 0 Å². The lowest BCUT2D eigenvalue weighted by atomic mass is 10.1. The minimum absolute atomic E-state index is 0.00319. The molecule has 1 aromatic rings. The summed E-state index contributed by atoms with van der Waals surface area (Å²) in [4.78, 5) is 10.2. The second-order valence-electron chi connectivity index (χ2n) is 2.74. The Hall–Kier alpha value is -2.08. The zero-order valence-electron chi connectivity index (χ0n) is 7.47. The van der Waals surface area contributed by atoms with Gasteiger partial charge in [-0.2, -0.15) is 5.26 Å². The second kappa shape index (κ2) is 4.83. The van der Waals surface area contributed by atoms with Crippen LogP contribution in [0.1, 0.15) is 17.5 Å². The number of hydrogen-bond acceptors (Lipinski definition) is 2. The fraction of sp³-hybridized carbons (Fsp3) is 0.0909. The number of nitriles is 1. The first-order chi connectivity index (χ1) is 6.72. The van der Waals surface area contributed by atoms with E-state index < -0.39 is 5.97 Å². The standard InChI is InChI=1S/C11H9NO2/c12-8-10-5-1-3-9(7-10)4-2-6-11(13)14/h1-5,7H,6H2,(H,13,14). The van der Waals surface area contributed by atoms with Crippen molar-refractivity contribution in [2.45, 2.75) is 6.42 Å². The van der Waals surface area contributed by atoms with Crippen LogP contribution in [0.2, 0.25) is 0 Å². The van der Waals surface area contributed by atoms with Gasteiger partial charge in [0.05, 0.1) is 18.1 Å². The summed E-state index contributed by atoms with van der Waals surface area (Å²) in [5, 5.41) is 17.0. The van der Waals surface area contributed by atoms with Gasteiger partial charge >= 0.3 is 5.97 Å². The lowest BCUT2D eigenvalue weighted by molar-refractivity contribution is -0.135. The van der Waals surface area contributed by atoms with Crippen LogP contribution in [0.5, 0.6) is 0 Å². The molecule has 3 nitrogen and oxygen atoms in total. The lowest BCUT2D eigenvalue weighted by Gasteiger charge is -1.92. The van der Waals surface area contributed by atoms with Gasteiger partial charge in [0.2, 0.25) is 0 Å². The van der Waals surface area contributed by atoms with Gasteiger partial charge in [-0.05, 0) is 17.7 Å². The molecule has 0 spiro atoms. The number of hydrogen-bond donors (Lipinski definition) is 1. The molecule has 0 unspecified atom stereocenters. The van der Waals surface area contributed by atoms with E-state index in [2.05, 4.69) is 0 Å². The van der Waals surface area contributed by atoms with Gasteiger partial charge < -0.3 is 5.11 Å². The summed E-state index contributed by atoms with van der Waals surface area (Å²) in [7, 11) is 0. The van der Waals surface area contributed by atoms with Crippen molar-refractivity contribution >= 4 is 12.0 Å². The van der Waals surface area contributed by atoms with E-state index in [9.17, 15) is 4.79 Å². The van der Waals surface area contributed by atoms with E-state index in [4.69, 9.17) is 10.4 Å². The highest BCUT2D eigenvalue weighted by atomic mass is 16.4. The normalized spacial score (nSPS) is 9.93. The maximum Gasteiger partial charge on any atom is 0.307 e. The molecule has 1 aromatic carbocycles. The molecular formula is C11H9NO2. The summed E-state index contributed by atoms with van der Waals surface area (Å²) in [6.07, 6.45) is 3.24. The number of aliphatic carboxylic acids is 1. The Balaban J connectivity index is 2.72. The van der Waals surface area contributed by atoms with Crippen LogP contribution in [0.4, 0.5) is 0 Å². The molecule has 0 aliphatic carbocycles. The van der Waals surface area contributed by atoms with Crippen molar-refractivity contribution in [3.63, 3.8) is 0 Å². The van der Waals surface area contributed by atoms with Crippen LogP contribution in [0.3, 0.4) is 0 Å². The van der Waals surface area contributed by atoms with Crippen molar-refractivity contribution in [1.82, 2.24) is 0 Å². The van der Waals surface area contributed by atoms with E-state index in [0.29, 0.717) is 5.56 Å². The fourth-order valence-corrected chi connectivity index (χ4v) is 1.01. The van der Waals surface area contributed by atoms with E-state index in [0.717, 1.165) is 5.56 Å². The van der Waals surface area contributed by atoms with E-state index in [1.165, 1.54) is 0 Å². The van der Waals surface area contributed by atoms with Crippen molar-refractivity contribution < 1.29 is 9.90 Å². The van der Waals surface area contributed by atoms with E-state index in [-0.39, 0.29) is 6.42 Å². The molecule has 0 fully saturated rings. The Morgan fingerprint density at radius 3 is 3.00 bits per heavy atom. The number of benzene rings is 1. The van der Waals surface area contributed by atoms with Crippen LogP contribution < -0.4 is 0 Å². The largest absolute Gasteiger partial charge is 0.481 e. The van der Waals surface area contributed by atoms with Crippen molar-refractivity contribution in [3.05, 3.63) is 41.5 Å². The Morgan fingerprint density at radius 1 is 1.57 bits per heavy atom. The van der Waals surface area contributed by atoms with Gasteiger partial charge in [0, 0.05) is 0 Å². The molecule has 70 valence electrons. The number of carboxylic acids is 1. The van der Waals surface area contributed by atoms with Gasteiger partial charge in [0.15, 0.2) is 0 Å². The monoisotopic (exact) mass is 187 g/mol. The summed E-state index contributed by atoms with van der Waals surface area (Å²) in [6.45, 7) is 0. The first kappa shape index (κ1) is 10.0. The summed E-state index contributed by atoms with van der Waals surface area (Å²) >= 11 is 0. The zero-order chi connectivity index (χ0) is 10.4. The van der Waals surface area contributed by atoms with Crippen molar-refractivity contribution in [1.29, 1.82) is 5.26 Å². The molecule has 0 amide bonds. The zero-order valence-corrected chi connectivity index (χ0v) is 7.47. The van der Waals surface area contributed by atoms with E-state index in [1.54, 1.807) is 30.4 Å². The molecule has 0 saturated heterocycles. The molecule has 1 N–H and O–H groups in total. The fourth-order valence-electron chi connectivity index (χ4n) is 1.01. The molecule has 0 aromatic heterocycles. The summed E-state index contributed by atoms with van der Waals surface area (Å²) in [5.74, 6) is -0.863. The highest BCUT2D eigenvalue weighted by Crippen LogP contribution is 2.06. The lowest BCUT2D eigenvalue weighted by Crippen LogP contribution is -1.89. The first-order valence-electron chi connectivity index (χ1n) is 4.11. The minimum atomic E-state index is -0.863. The predicted molar refractivity (Wildman–Crippen MR) is 52.4 cm³/mol. The molecule has 0 radical (unpaired) electrons. The second-order valence-corrected chi connectivity index (χ2v) is 2.74. The number of carbonyl (C=O) groups is 1. The molecule has 3 heteroatoms. The molecule has 0 atom stereocenters. The Kier molecular flexibility index (Phi) is 3.45. The Morgan fingerprint density at radius 2 is 2.36 bits per heavy atom. The van der Waals surface area contributed by atoms with Crippen LogP contribution in [0.15, 0.2) is 30.3 Å². The van der Waals surface area contributed by atoms with Gasteiger partial charge in [0.25, 0.3) is 0 Å². The highest BCUT2D eigenvalue weighted by molar-refractivity contribution is 5.70. The van der Waals surface area contributed by atoms with E-state index in [1.807, 2.05) is 12.1 Å². The van der Waals surface area contributed by atoms with Crippen LogP contribution in [-0.4, -0.2) is 11.1 Å². The van der Waals surface area contributed by atoms with Crippen LogP contribution in [0, 0.1) is 11.3 Å². The summed E-state index contributed by atoms with van der Waals surface area (Å²) in [6, 6.07) is 9.01. The number of rotatable bonds is 3. The molecule has 0 aliphatic rings. The van der Waals surface area contributed by atoms with Crippen molar-refractivity contribution in [2.24, 2.45) is 0 Å². The van der Waals surface area contributed by atoms with Crippen LogP contribution >= 0.6 is 0 Å². The van der Waals surface area contributed by atoms with Crippen molar-refractivity contribution in [3.8, 4) is 6.07 Å². The third-order valence-corrected chi connectivity index (χ3v) is 1.62. The number of nitrogens with zero attached hydrogens (tertiary/aromatic N) is 1. The average Bonchev–Trinajstić information content (AvgIpc) is 2.18. The average molecular weight is 187 g/mol. The van der Waals surface area contributed by atoms with Gasteiger partial charge in [-0.25, -0.2) is 0 Å². The summed E-state index contributed by atoms with van der Waals surface area (Å²) < 4.78 is 0. The topological polar surface area (TPSA) is 61.1 Å². The smallest absolute Gasteiger partial charge is 0.307 e. The maximum absolute atomic E-state index is 10.2. The van der Waals surface area contributed by atoms with Crippen LogP contribution in [0.25, 0.3) is 6.08 Å². The van der Waals surface area contributed by atoms with Gasteiger partial charge in [-0.1, -0.05) is 24.3 Å². The molecular weight excluding hydrogens is 178 g/mol. The SMILES string of the molecule is N#Cc1cccc(C=CCC(=O)O)c1. The minimum Gasteiger partial charge on any atom is -0.481 e. The molecule has 0 bridgehead atoms.